The quantitative estimate of drug-likeness (QED) is 0.646. The van der Waals surface area contributed by atoms with Gasteiger partial charge in [0.05, 0.1) is 18.5 Å². The van der Waals surface area contributed by atoms with Crippen LogP contribution in [-0.4, -0.2) is 23.1 Å². The van der Waals surface area contributed by atoms with Gasteiger partial charge in [-0.1, -0.05) is 11.6 Å². The van der Waals surface area contributed by atoms with Crippen LogP contribution in [-0.2, 0) is 11.2 Å². The van der Waals surface area contributed by atoms with E-state index in [2.05, 4.69) is 0 Å². The molecular weight excluding hydrogens is 238 g/mol. The number of hydrogen-bond donors (Lipinski definition) is 1. The van der Waals surface area contributed by atoms with Gasteiger partial charge in [0.1, 0.15) is 10.8 Å². The first-order valence-corrected chi connectivity index (χ1v) is 4.56. The Bertz CT molecular complexity index is 446. The minimum Gasteiger partial charge on any atom is -0.496 e. The molecule has 86 valence electrons. The Kier molecular flexibility index (Phi) is 3.68. The average molecular weight is 246 g/mol. The molecule has 0 amide bonds. The number of benzene rings is 1. The number of carboxylic acid groups (broad SMARTS) is 1. The standard InChI is InChI=1S/C9H8ClNO5/c1-16-7-3-2-6(11(14)15)9(10)5(7)4-8(12)13/h2-3H,4H2,1H3,(H,12,13). The molecule has 0 aromatic heterocycles. The number of nitro groups is 1. The molecule has 0 aliphatic carbocycles. The third-order valence-electron chi connectivity index (χ3n) is 1.92. The van der Waals surface area contributed by atoms with E-state index >= 15 is 0 Å². The maximum absolute atomic E-state index is 10.6. The molecule has 0 spiro atoms. The van der Waals surface area contributed by atoms with Crippen molar-refractivity contribution in [2.45, 2.75) is 6.42 Å². The molecule has 0 heterocycles. The number of methoxy groups -OCH3 is 1. The minimum absolute atomic E-state index is 0.103. The molecule has 0 bridgehead atoms. The van der Waals surface area contributed by atoms with Crippen molar-refractivity contribution in [2.24, 2.45) is 0 Å². The highest BCUT2D eigenvalue weighted by Gasteiger charge is 2.21. The lowest BCUT2D eigenvalue weighted by atomic mass is 10.1. The van der Waals surface area contributed by atoms with E-state index in [1.165, 1.54) is 19.2 Å². The Balaban J connectivity index is 3.34. The van der Waals surface area contributed by atoms with Crippen LogP contribution in [0.2, 0.25) is 5.02 Å². The Morgan fingerprint density at radius 2 is 2.25 bits per heavy atom. The molecule has 7 heteroatoms. The molecule has 1 aromatic rings. The number of ether oxygens (including phenoxy) is 1. The van der Waals surface area contributed by atoms with Crippen LogP contribution in [0, 0.1) is 10.1 Å². The highest BCUT2D eigenvalue weighted by atomic mass is 35.5. The van der Waals surface area contributed by atoms with Gasteiger partial charge in [-0.15, -0.1) is 0 Å². The number of aliphatic carboxylic acids is 1. The molecule has 0 atom stereocenters. The van der Waals surface area contributed by atoms with Gasteiger partial charge in [0, 0.05) is 11.6 Å². The number of halogens is 1. The molecule has 0 saturated carbocycles. The number of rotatable bonds is 4. The second-order valence-corrected chi connectivity index (χ2v) is 3.29. The molecular formula is C9H8ClNO5. The van der Waals surface area contributed by atoms with E-state index in [0.29, 0.717) is 0 Å². The molecule has 16 heavy (non-hydrogen) atoms. The fraction of sp³-hybridized carbons (Fsp3) is 0.222. The normalized spacial score (nSPS) is 9.88. The van der Waals surface area contributed by atoms with Crippen LogP contribution >= 0.6 is 11.6 Å². The lowest BCUT2D eigenvalue weighted by Gasteiger charge is -2.08. The van der Waals surface area contributed by atoms with Crippen LogP contribution in [0.4, 0.5) is 5.69 Å². The lowest BCUT2D eigenvalue weighted by Crippen LogP contribution is -2.04. The van der Waals surface area contributed by atoms with Crippen molar-refractivity contribution in [3.8, 4) is 5.75 Å². The molecule has 1 rings (SSSR count). The first-order chi connectivity index (χ1) is 7.47. The number of nitrogens with zero attached hydrogens (tertiary/aromatic N) is 1. The van der Waals surface area contributed by atoms with Crippen molar-refractivity contribution in [1.29, 1.82) is 0 Å². The van der Waals surface area contributed by atoms with Gasteiger partial charge in [-0.2, -0.15) is 0 Å². The summed E-state index contributed by atoms with van der Waals surface area (Å²) in [6.07, 6.45) is -0.427. The van der Waals surface area contributed by atoms with E-state index < -0.39 is 17.3 Å². The van der Waals surface area contributed by atoms with Crippen molar-refractivity contribution >= 4 is 23.3 Å². The second-order valence-electron chi connectivity index (χ2n) is 2.91. The molecule has 1 aromatic carbocycles. The largest absolute Gasteiger partial charge is 0.496 e. The maximum atomic E-state index is 10.6. The van der Waals surface area contributed by atoms with E-state index in [1.807, 2.05) is 0 Å². The zero-order valence-corrected chi connectivity index (χ0v) is 9.02. The highest BCUT2D eigenvalue weighted by molar-refractivity contribution is 6.33. The molecule has 0 fully saturated rings. The zero-order valence-electron chi connectivity index (χ0n) is 8.27. The van der Waals surface area contributed by atoms with Gasteiger partial charge < -0.3 is 9.84 Å². The van der Waals surface area contributed by atoms with Crippen molar-refractivity contribution < 1.29 is 19.6 Å². The van der Waals surface area contributed by atoms with E-state index in [1.54, 1.807) is 0 Å². The molecule has 0 aliphatic rings. The van der Waals surface area contributed by atoms with Crippen LogP contribution in [0.15, 0.2) is 12.1 Å². The van der Waals surface area contributed by atoms with Crippen LogP contribution in [0.5, 0.6) is 5.75 Å². The monoisotopic (exact) mass is 245 g/mol. The number of hydrogen-bond acceptors (Lipinski definition) is 4. The number of carbonyl (C=O) groups is 1. The Hall–Kier alpha value is -1.82. The smallest absolute Gasteiger partial charge is 0.308 e. The van der Waals surface area contributed by atoms with Gasteiger partial charge in [0.2, 0.25) is 0 Å². The average Bonchev–Trinajstić information content (AvgIpc) is 2.19. The Morgan fingerprint density at radius 3 is 2.69 bits per heavy atom. The minimum atomic E-state index is -1.14. The lowest BCUT2D eigenvalue weighted by molar-refractivity contribution is -0.384. The van der Waals surface area contributed by atoms with Gasteiger partial charge >= 0.3 is 5.97 Å². The van der Waals surface area contributed by atoms with Crippen molar-refractivity contribution in [1.82, 2.24) is 0 Å². The third-order valence-corrected chi connectivity index (χ3v) is 2.35. The van der Waals surface area contributed by atoms with Crippen molar-refractivity contribution in [2.75, 3.05) is 7.11 Å². The van der Waals surface area contributed by atoms with Crippen LogP contribution in [0.1, 0.15) is 5.56 Å². The van der Waals surface area contributed by atoms with Crippen molar-refractivity contribution in [3.05, 3.63) is 32.8 Å². The summed E-state index contributed by atoms with van der Waals surface area (Å²) in [4.78, 5) is 20.5. The third kappa shape index (κ3) is 2.40. The topological polar surface area (TPSA) is 89.7 Å². The summed E-state index contributed by atoms with van der Waals surface area (Å²) in [6.45, 7) is 0. The highest BCUT2D eigenvalue weighted by Crippen LogP contribution is 2.34. The van der Waals surface area contributed by atoms with Crippen molar-refractivity contribution in [3.63, 3.8) is 0 Å². The predicted molar refractivity (Wildman–Crippen MR) is 56.0 cm³/mol. The van der Waals surface area contributed by atoms with Gasteiger partial charge in [-0.25, -0.2) is 0 Å². The van der Waals surface area contributed by atoms with Gasteiger partial charge in [-0.3, -0.25) is 14.9 Å². The Morgan fingerprint density at radius 1 is 1.62 bits per heavy atom. The summed E-state index contributed by atoms with van der Waals surface area (Å²) in [5.74, 6) is -0.918. The molecule has 1 N–H and O–H groups in total. The summed E-state index contributed by atoms with van der Waals surface area (Å²) >= 11 is 5.75. The molecule has 0 unspecified atom stereocenters. The van der Waals surface area contributed by atoms with Crippen LogP contribution in [0.25, 0.3) is 0 Å². The Labute approximate surface area is 95.6 Å². The summed E-state index contributed by atoms with van der Waals surface area (Å²) < 4.78 is 4.89. The molecule has 0 radical (unpaired) electrons. The van der Waals surface area contributed by atoms with Gasteiger partial charge in [-0.05, 0) is 6.07 Å². The second kappa shape index (κ2) is 4.80. The number of carboxylic acids is 1. The SMILES string of the molecule is COc1ccc([N+](=O)[O-])c(Cl)c1CC(=O)O. The molecule has 0 aliphatic heterocycles. The van der Waals surface area contributed by atoms with Gasteiger partial charge in [0.15, 0.2) is 0 Å². The fourth-order valence-corrected chi connectivity index (χ4v) is 1.53. The summed E-state index contributed by atoms with van der Waals surface area (Å²) in [5.41, 5.74) is -0.232. The van der Waals surface area contributed by atoms with E-state index in [4.69, 9.17) is 21.4 Å². The fourth-order valence-electron chi connectivity index (χ4n) is 1.24. The first-order valence-electron chi connectivity index (χ1n) is 4.19. The first kappa shape index (κ1) is 12.3. The van der Waals surface area contributed by atoms with Crippen LogP contribution < -0.4 is 4.74 Å². The van der Waals surface area contributed by atoms with Gasteiger partial charge in [0.25, 0.3) is 5.69 Å². The number of nitro benzene ring substituents is 1. The summed E-state index contributed by atoms with van der Waals surface area (Å²) in [7, 11) is 1.34. The summed E-state index contributed by atoms with van der Waals surface area (Å²) in [5, 5.41) is 19.0. The van der Waals surface area contributed by atoms with Crippen LogP contribution in [0.3, 0.4) is 0 Å². The summed E-state index contributed by atoms with van der Waals surface area (Å²) in [6, 6.07) is 2.49. The van der Waals surface area contributed by atoms with E-state index in [9.17, 15) is 14.9 Å². The van der Waals surface area contributed by atoms with E-state index in [-0.39, 0.29) is 22.0 Å². The molecule has 6 nitrogen and oxygen atoms in total. The maximum Gasteiger partial charge on any atom is 0.308 e. The van der Waals surface area contributed by atoms with E-state index in [0.717, 1.165) is 0 Å². The molecule has 0 saturated heterocycles. The predicted octanol–water partition coefficient (Wildman–Crippen LogP) is 1.88. The zero-order chi connectivity index (χ0) is 12.3.